The molecular formula is C15H26N2O4. The first kappa shape index (κ1) is 16.1. The summed E-state index contributed by atoms with van der Waals surface area (Å²) < 4.78 is 5.34. The van der Waals surface area contributed by atoms with E-state index in [4.69, 9.17) is 4.74 Å². The number of carboxylic acids is 1. The smallest absolute Gasteiger partial charge is 0.327 e. The molecule has 120 valence electrons. The predicted molar refractivity (Wildman–Crippen MR) is 78.1 cm³/mol. The van der Waals surface area contributed by atoms with E-state index in [2.05, 4.69) is 5.32 Å². The van der Waals surface area contributed by atoms with Crippen molar-refractivity contribution in [1.29, 1.82) is 0 Å². The van der Waals surface area contributed by atoms with Crippen LogP contribution in [0.25, 0.3) is 0 Å². The molecular weight excluding hydrogens is 272 g/mol. The quantitative estimate of drug-likeness (QED) is 0.831. The lowest BCUT2D eigenvalue weighted by molar-refractivity contribution is -0.148. The third-order valence-corrected chi connectivity index (χ3v) is 4.79. The van der Waals surface area contributed by atoms with E-state index in [9.17, 15) is 14.7 Å². The first-order valence-electron chi connectivity index (χ1n) is 7.70. The molecule has 21 heavy (non-hydrogen) atoms. The Labute approximate surface area is 125 Å². The van der Waals surface area contributed by atoms with E-state index in [1.54, 1.807) is 0 Å². The minimum absolute atomic E-state index is 0.000478. The molecule has 3 atom stereocenters. The number of aliphatic carboxylic acids is 1. The molecule has 6 heteroatoms. The minimum atomic E-state index is -0.924. The molecule has 2 fully saturated rings. The summed E-state index contributed by atoms with van der Waals surface area (Å²) in [5.41, 5.74) is -0.402. The van der Waals surface area contributed by atoms with E-state index >= 15 is 0 Å². The molecule has 0 aromatic rings. The molecule has 0 aromatic heterocycles. The summed E-state index contributed by atoms with van der Waals surface area (Å²) in [5.74, 6) is -0.610. The van der Waals surface area contributed by atoms with Crippen molar-refractivity contribution in [3.63, 3.8) is 0 Å². The zero-order valence-electron chi connectivity index (χ0n) is 13.1. The Morgan fingerprint density at radius 2 is 2.14 bits per heavy atom. The lowest BCUT2D eigenvalue weighted by Gasteiger charge is -2.44. The normalized spacial score (nSPS) is 30.0. The van der Waals surface area contributed by atoms with Gasteiger partial charge in [-0.15, -0.1) is 0 Å². The molecule has 2 amide bonds. The summed E-state index contributed by atoms with van der Waals surface area (Å²) in [6, 6.07) is -1.03. The molecule has 0 aliphatic carbocycles. The third-order valence-electron chi connectivity index (χ3n) is 4.79. The molecule has 2 N–H and O–H groups in total. The van der Waals surface area contributed by atoms with Gasteiger partial charge in [-0.05, 0) is 31.6 Å². The number of likely N-dealkylation sites (tertiary alicyclic amines) is 1. The number of hydrogen-bond donors (Lipinski definition) is 2. The lowest BCUT2D eigenvalue weighted by atomic mass is 9.76. The van der Waals surface area contributed by atoms with Gasteiger partial charge in [0.1, 0.15) is 6.04 Å². The fourth-order valence-electron chi connectivity index (χ4n) is 3.42. The van der Waals surface area contributed by atoms with Crippen LogP contribution in [0.1, 0.15) is 40.0 Å². The van der Waals surface area contributed by atoms with Crippen LogP contribution in [0.4, 0.5) is 4.79 Å². The Morgan fingerprint density at radius 1 is 1.43 bits per heavy atom. The second-order valence-corrected chi connectivity index (χ2v) is 6.89. The zero-order valence-corrected chi connectivity index (χ0v) is 13.1. The maximum atomic E-state index is 12.5. The second-order valence-electron chi connectivity index (χ2n) is 6.89. The number of hydrogen-bond acceptors (Lipinski definition) is 3. The van der Waals surface area contributed by atoms with Crippen molar-refractivity contribution in [2.45, 2.75) is 52.1 Å². The van der Waals surface area contributed by atoms with Crippen LogP contribution in [0.5, 0.6) is 0 Å². The van der Waals surface area contributed by atoms with Gasteiger partial charge in [-0.2, -0.15) is 0 Å². The van der Waals surface area contributed by atoms with Gasteiger partial charge in [0.15, 0.2) is 0 Å². The van der Waals surface area contributed by atoms with Crippen molar-refractivity contribution >= 4 is 12.0 Å². The van der Waals surface area contributed by atoms with Gasteiger partial charge in [-0.3, -0.25) is 0 Å². The van der Waals surface area contributed by atoms with Crippen LogP contribution in [-0.2, 0) is 9.53 Å². The van der Waals surface area contributed by atoms with Crippen LogP contribution in [0, 0.1) is 11.3 Å². The van der Waals surface area contributed by atoms with Gasteiger partial charge in [-0.1, -0.05) is 13.8 Å². The first-order valence-corrected chi connectivity index (χ1v) is 7.70. The van der Waals surface area contributed by atoms with E-state index in [1.807, 2.05) is 20.8 Å². The Morgan fingerprint density at radius 3 is 2.71 bits per heavy atom. The maximum Gasteiger partial charge on any atom is 0.327 e. The molecule has 6 nitrogen and oxygen atoms in total. The fourth-order valence-corrected chi connectivity index (χ4v) is 3.42. The van der Waals surface area contributed by atoms with E-state index in [1.165, 1.54) is 4.90 Å². The number of piperidine rings is 1. The van der Waals surface area contributed by atoms with Crippen LogP contribution >= 0.6 is 0 Å². The molecule has 0 radical (unpaired) electrons. The van der Waals surface area contributed by atoms with Crippen LogP contribution in [0.3, 0.4) is 0 Å². The topological polar surface area (TPSA) is 78.9 Å². The number of amides is 2. The SMILES string of the molecule is CC(NC(=O)N1CCCC(C)(C)C1C(=O)O)C1CCOC1. The van der Waals surface area contributed by atoms with E-state index in [-0.39, 0.29) is 12.1 Å². The monoisotopic (exact) mass is 298 g/mol. The standard InChI is InChI=1S/C15H26N2O4/c1-10(11-5-8-21-9-11)16-14(20)17-7-4-6-15(2,3)12(17)13(18)19/h10-12H,4-9H2,1-3H3,(H,16,20)(H,18,19). The first-order chi connectivity index (χ1) is 9.83. The average molecular weight is 298 g/mol. The number of nitrogens with zero attached hydrogens (tertiary/aromatic N) is 1. The van der Waals surface area contributed by atoms with Crippen LogP contribution in [-0.4, -0.2) is 53.8 Å². The maximum absolute atomic E-state index is 12.5. The molecule has 2 rings (SSSR count). The second kappa shape index (κ2) is 6.22. The Kier molecular flexibility index (Phi) is 4.76. The van der Waals surface area contributed by atoms with Crippen molar-refractivity contribution in [2.24, 2.45) is 11.3 Å². The Hall–Kier alpha value is -1.30. The van der Waals surface area contributed by atoms with Crippen molar-refractivity contribution in [3.8, 4) is 0 Å². The van der Waals surface area contributed by atoms with Crippen molar-refractivity contribution in [1.82, 2.24) is 10.2 Å². The summed E-state index contributed by atoms with van der Waals surface area (Å²) in [5, 5.41) is 12.5. The summed E-state index contributed by atoms with van der Waals surface area (Å²) in [6.07, 6.45) is 2.60. The predicted octanol–water partition coefficient (Wildman–Crippen LogP) is 1.70. The highest BCUT2D eigenvalue weighted by atomic mass is 16.5. The van der Waals surface area contributed by atoms with Crippen molar-refractivity contribution in [3.05, 3.63) is 0 Å². The summed E-state index contributed by atoms with van der Waals surface area (Å²) >= 11 is 0. The molecule has 0 spiro atoms. The van der Waals surface area contributed by atoms with E-state index < -0.39 is 17.4 Å². The molecule has 0 aromatic carbocycles. The zero-order chi connectivity index (χ0) is 15.6. The van der Waals surface area contributed by atoms with E-state index in [0.29, 0.717) is 19.1 Å². The number of carbonyl (C=O) groups is 2. The molecule has 2 aliphatic heterocycles. The molecule has 3 unspecified atom stereocenters. The van der Waals surface area contributed by atoms with Gasteiger partial charge < -0.3 is 20.1 Å². The largest absolute Gasteiger partial charge is 0.480 e. The molecule has 2 heterocycles. The number of carbonyl (C=O) groups excluding carboxylic acids is 1. The average Bonchev–Trinajstić information content (AvgIpc) is 2.90. The van der Waals surface area contributed by atoms with Crippen LogP contribution in [0.2, 0.25) is 0 Å². The number of rotatable bonds is 3. The van der Waals surface area contributed by atoms with Gasteiger partial charge in [0, 0.05) is 25.1 Å². The van der Waals surface area contributed by atoms with Gasteiger partial charge >= 0.3 is 12.0 Å². The lowest BCUT2D eigenvalue weighted by Crippen LogP contribution is -2.60. The van der Waals surface area contributed by atoms with Gasteiger partial charge in [0.2, 0.25) is 0 Å². The summed E-state index contributed by atoms with van der Waals surface area (Å²) in [4.78, 5) is 25.5. The molecule has 0 saturated carbocycles. The number of ether oxygens (including phenoxy) is 1. The van der Waals surface area contributed by atoms with Crippen molar-refractivity contribution in [2.75, 3.05) is 19.8 Å². The van der Waals surface area contributed by atoms with Crippen LogP contribution in [0.15, 0.2) is 0 Å². The van der Waals surface area contributed by atoms with Gasteiger partial charge in [0.05, 0.1) is 6.61 Å². The molecule has 2 aliphatic rings. The highest BCUT2D eigenvalue weighted by Crippen LogP contribution is 2.35. The fraction of sp³-hybridized carbons (Fsp3) is 0.867. The minimum Gasteiger partial charge on any atom is -0.480 e. The highest BCUT2D eigenvalue weighted by Gasteiger charge is 2.44. The third kappa shape index (κ3) is 3.48. The molecule has 2 saturated heterocycles. The summed E-state index contributed by atoms with van der Waals surface area (Å²) in [7, 11) is 0. The van der Waals surface area contributed by atoms with Gasteiger partial charge in [-0.25, -0.2) is 9.59 Å². The van der Waals surface area contributed by atoms with Crippen molar-refractivity contribution < 1.29 is 19.4 Å². The van der Waals surface area contributed by atoms with E-state index in [0.717, 1.165) is 25.9 Å². The number of carboxylic acid groups (broad SMARTS) is 1. The number of nitrogens with one attached hydrogen (secondary N) is 1. The Balaban J connectivity index is 2.03. The number of urea groups is 1. The summed E-state index contributed by atoms with van der Waals surface area (Å²) in [6.45, 7) is 7.69. The van der Waals surface area contributed by atoms with Gasteiger partial charge in [0.25, 0.3) is 0 Å². The molecule has 0 bridgehead atoms. The van der Waals surface area contributed by atoms with Crippen LogP contribution < -0.4 is 5.32 Å². The highest BCUT2D eigenvalue weighted by molar-refractivity contribution is 5.83. The Bertz CT molecular complexity index is 404.